The zero-order chi connectivity index (χ0) is 18.4. The maximum Gasteiger partial charge on any atom is 0.338 e. The van der Waals surface area contributed by atoms with Crippen LogP contribution in [0, 0.1) is 0 Å². The van der Waals surface area contributed by atoms with E-state index in [2.05, 4.69) is 16.8 Å². The summed E-state index contributed by atoms with van der Waals surface area (Å²) in [7, 11) is 2.09. The van der Waals surface area contributed by atoms with Crippen molar-refractivity contribution in [3.63, 3.8) is 0 Å². The Hall–Kier alpha value is -2.50. The molecular formula is C21H24N2O3. The fraction of sp³-hybridized carbons (Fsp3) is 0.333. The smallest absolute Gasteiger partial charge is 0.338 e. The second-order valence-electron chi connectivity index (χ2n) is 6.64. The SMILES string of the molecule is CN1CCN(CC(=O)c2ccc(C(=O)OCc3ccccc3)cc2)CC1. The molecule has 0 bridgehead atoms. The lowest BCUT2D eigenvalue weighted by molar-refractivity contribution is 0.0472. The Morgan fingerprint density at radius 1 is 0.885 bits per heavy atom. The van der Waals surface area contributed by atoms with Crippen LogP contribution in [0.25, 0.3) is 0 Å². The summed E-state index contributed by atoms with van der Waals surface area (Å²) in [6, 6.07) is 16.3. The Labute approximate surface area is 154 Å². The number of likely N-dealkylation sites (N-methyl/N-ethyl adjacent to an activating group) is 1. The van der Waals surface area contributed by atoms with Crippen LogP contribution in [0.2, 0.25) is 0 Å². The van der Waals surface area contributed by atoms with Crippen molar-refractivity contribution < 1.29 is 14.3 Å². The van der Waals surface area contributed by atoms with E-state index in [1.807, 2.05) is 30.3 Å². The van der Waals surface area contributed by atoms with E-state index in [1.165, 1.54) is 0 Å². The highest BCUT2D eigenvalue weighted by atomic mass is 16.5. The van der Waals surface area contributed by atoms with Crippen molar-refractivity contribution in [1.29, 1.82) is 0 Å². The van der Waals surface area contributed by atoms with E-state index < -0.39 is 0 Å². The standard InChI is InChI=1S/C21H24N2O3/c1-22-11-13-23(14-12-22)15-20(24)18-7-9-19(10-8-18)21(25)26-16-17-5-3-2-4-6-17/h2-10H,11-16H2,1H3. The summed E-state index contributed by atoms with van der Waals surface area (Å²) < 4.78 is 5.31. The number of rotatable bonds is 6. The number of Topliss-reactive ketones (excluding diaryl/α,β-unsaturated/α-hetero) is 1. The molecule has 1 fully saturated rings. The van der Waals surface area contributed by atoms with Crippen molar-refractivity contribution in [2.45, 2.75) is 6.61 Å². The van der Waals surface area contributed by atoms with Crippen molar-refractivity contribution >= 4 is 11.8 Å². The number of esters is 1. The van der Waals surface area contributed by atoms with E-state index in [-0.39, 0.29) is 18.4 Å². The lowest BCUT2D eigenvalue weighted by Crippen LogP contribution is -2.46. The molecule has 136 valence electrons. The number of ether oxygens (including phenoxy) is 1. The molecule has 5 nitrogen and oxygen atoms in total. The van der Waals surface area contributed by atoms with Gasteiger partial charge in [0.15, 0.2) is 5.78 Å². The van der Waals surface area contributed by atoms with Gasteiger partial charge in [0.1, 0.15) is 6.61 Å². The van der Waals surface area contributed by atoms with Gasteiger partial charge in [-0.3, -0.25) is 9.69 Å². The Bertz CT molecular complexity index is 736. The maximum absolute atomic E-state index is 12.4. The molecule has 5 heteroatoms. The van der Waals surface area contributed by atoms with E-state index in [1.54, 1.807) is 24.3 Å². The van der Waals surface area contributed by atoms with Gasteiger partial charge in [-0.25, -0.2) is 4.79 Å². The van der Waals surface area contributed by atoms with Gasteiger partial charge in [-0.1, -0.05) is 42.5 Å². The lowest BCUT2D eigenvalue weighted by atomic mass is 10.1. The first-order chi connectivity index (χ1) is 12.6. The van der Waals surface area contributed by atoms with E-state index in [0.29, 0.717) is 17.7 Å². The van der Waals surface area contributed by atoms with Crippen molar-refractivity contribution in [1.82, 2.24) is 9.80 Å². The predicted octanol–water partition coefficient (Wildman–Crippen LogP) is 2.47. The van der Waals surface area contributed by atoms with Gasteiger partial charge >= 0.3 is 5.97 Å². The molecule has 0 amide bonds. The Kier molecular flexibility index (Phi) is 6.15. The maximum atomic E-state index is 12.4. The van der Waals surface area contributed by atoms with Crippen LogP contribution in [0.3, 0.4) is 0 Å². The summed E-state index contributed by atoms with van der Waals surface area (Å²) in [5.41, 5.74) is 2.03. The van der Waals surface area contributed by atoms with Gasteiger partial charge in [-0.2, -0.15) is 0 Å². The lowest BCUT2D eigenvalue weighted by Gasteiger charge is -2.31. The molecule has 0 spiro atoms. The third-order valence-corrected chi connectivity index (χ3v) is 4.62. The van der Waals surface area contributed by atoms with Crippen molar-refractivity contribution in [3.8, 4) is 0 Å². The number of nitrogens with zero attached hydrogens (tertiary/aromatic N) is 2. The summed E-state index contributed by atoms with van der Waals surface area (Å²) in [5, 5.41) is 0. The molecule has 1 aliphatic rings. The fourth-order valence-corrected chi connectivity index (χ4v) is 2.90. The van der Waals surface area contributed by atoms with Gasteiger partial charge in [-0.05, 0) is 24.7 Å². The van der Waals surface area contributed by atoms with E-state index in [0.717, 1.165) is 31.7 Å². The average molecular weight is 352 g/mol. The van der Waals surface area contributed by atoms with Gasteiger partial charge in [0.2, 0.25) is 0 Å². The summed E-state index contributed by atoms with van der Waals surface area (Å²) in [4.78, 5) is 29.0. The highest BCUT2D eigenvalue weighted by Crippen LogP contribution is 2.10. The molecule has 0 N–H and O–H groups in total. The predicted molar refractivity (Wildman–Crippen MR) is 100 cm³/mol. The minimum absolute atomic E-state index is 0.0822. The molecule has 3 rings (SSSR count). The summed E-state index contributed by atoms with van der Waals surface area (Å²) in [6.45, 7) is 4.45. The molecule has 2 aromatic carbocycles. The monoisotopic (exact) mass is 352 g/mol. The molecule has 0 unspecified atom stereocenters. The van der Waals surface area contributed by atoms with Crippen LogP contribution in [-0.2, 0) is 11.3 Å². The zero-order valence-electron chi connectivity index (χ0n) is 15.1. The molecule has 0 aliphatic carbocycles. The van der Waals surface area contributed by atoms with E-state index in [9.17, 15) is 9.59 Å². The molecule has 0 aromatic heterocycles. The first-order valence-corrected chi connectivity index (χ1v) is 8.87. The van der Waals surface area contributed by atoms with Crippen LogP contribution >= 0.6 is 0 Å². The summed E-state index contributed by atoms with van der Waals surface area (Å²) in [6.07, 6.45) is 0. The van der Waals surface area contributed by atoms with Crippen LogP contribution in [0.5, 0.6) is 0 Å². The topological polar surface area (TPSA) is 49.9 Å². The normalized spacial score (nSPS) is 15.6. The van der Waals surface area contributed by atoms with Gasteiger partial charge in [-0.15, -0.1) is 0 Å². The number of carbonyl (C=O) groups is 2. The molecule has 1 heterocycles. The highest BCUT2D eigenvalue weighted by Gasteiger charge is 2.18. The van der Waals surface area contributed by atoms with Crippen LogP contribution in [-0.4, -0.2) is 61.3 Å². The number of piperazine rings is 1. The average Bonchev–Trinajstić information content (AvgIpc) is 2.69. The highest BCUT2D eigenvalue weighted by molar-refractivity contribution is 5.98. The number of benzene rings is 2. The largest absolute Gasteiger partial charge is 0.457 e. The van der Waals surface area contributed by atoms with E-state index in [4.69, 9.17) is 4.74 Å². The molecule has 2 aromatic rings. The second kappa shape index (κ2) is 8.74. The first kappa shape index (κ1) is 18.3. The van der Waals surface area contributed by atoms with Crippen molar-refractivity contribution in [2.75, 3.05) is 39.8 Å². The van der Waals surface area contributed by atoms with Gasteiger partial charge in [0.05, 0.1) is 12.1 Å². The Balaban J connectivity index is 1.52. The zero-order valence-corrected chi connectivity index (χ0v) is 15.1. The van der Waals surface area contributed by atoms with Crippen LogP contribution in [0.4, 0.5) is 0 Å². The number of hydrogen-bond acceptors (Lipinski definition) is 5. The fourth-order valence-electron chi connectivity index (χ4n) is 2.90. The third kappa shape index (κ3) is 5.00. The Morgan fingerprint density at radius 3 is 2.15 bits per heavy atom. The molecule has 0 radical (unpaired) electrons. The van der Waals surface area contributed by atoms with Crippen molar-refractivity contribution in [2.24, 2.45) is 0 Å². The van der Waals surface area contributed by atoms with Gasteiger partial charge in [0, 0.05) is 31.7 Å². The second-order valence-corrected chi connectivity index (χ2v) is 6.64. The summed E-state index contributed by atoms with van der Waals surface area (Å²) >= 11 is 0. The number of carbonyl (C=O) groups excluding carboxylic acids is 2. The molecular weight excluding hydrogens is 328 g/mol. The Morgan fingerprint density at radius 2 is 1.50 bits per heavy atom. The molecule has 0 atom stereocenters. The summed E-state index contributed by atoms with van der Waals surface area (Å²) in [5.74, 6) is -0.300. The number of ketones is 1. The van der Waals surface area contributed by atoms with Crippen LogP contribution in [0.15, 0.2) is 54.6 Å². The quantitative estimate of drug-likeness (QED) is 0.590. The number of hydrogen-bond donors (Lipinski definition) is 0. The van der Waals surface area contributed by atoms with Crippen LogP contribution in [0.1, 0.15) is 26.3 Å². The van der Waals surface area contributed by atoms with E-state index >= 15 is 0 Å². The van der Waals surface area contributed by atoms with Gasteiger partial charge in [0.25, 0.3) is 0 Å². The molecule has 0 saturated carbocycles. The first-order valence-electron chi connectivity index (χ1n) is 8.87. The minimum atomic E-state index is -0.382. The molecule has 26 heavy (non-hydrogen) atoms. The molecule has 1 aliphatic heterocycles. The molecule has 1 saturated heterocycles. The van der Waals surface area contributed by atoms with Crippen molar-refractivity contribution in [3.05, 3.63) is 71.3 Å². The third-order valence-electron chi connectivity index (χ3n) is 4.62. The minimum Gasteiger partial charge on any atom is -0.457 e. The van der Waals surface area contributed by atoms with Crippen LogP contribution < -0.4 is 0 Å². The van der Waals surface area contributed by atoms with Gasteiger partial charge < -0.3 is 9.64 Å².